The zero-order valence-electron chi connectivity index (χ0n) is 16.8. The fraction of sp³-hybridized carbons (Fsp3) is 0.333. The number of hydrogen-bond donors (Lipinski definition) is 3. The molecular weight excluding hydrogens is 411 g/mol. The van der Waals surface area contributed by atoms with Crippen molar-refractivity contribution in [3.8, 4) is 5.75 Å². The summed E-state index contributed by atoms with van der Waals surface area (Å²) in [6.45, 7) is 2.77. The summed E-state index contributed by atoms with van der Waals surface area (Å²) < 4.78 is 5.28. The second-order valence-corrected chi connectivity index (χ2v) is 7.25. The predicted octanol–water partition coefficient (Wildman–Crippen LogP) is 4.26. The van der Waals surface area contributed by atoms with Crippen LogP contribution in [0.15, 0.2) is 41.4 Å². The first-order chi connectivity index (χ1) is 13.9. The molecule has 0 saturated carbocycles. The van der Waals surface area contributed by atoms with Gasteiger partial charge in [-0.3, -0.25) is 9.79 Å². The number of halogens is 2. The third-order valence-electron chi connectivity index (χ3n) is 4.19. The van der Waals surface area contributed by atoms with Crippen molar-refractivity contribution in [1.82, 2.24) is 10.6 Å². The smallest absolute Gasteiger partial charge is 0.221 e. The van der Waals surface area contributed by atoms with Crippen LogP contribution in [-0.2, 0) is 17.8 Å². The Morgan fingerprint density at radius 2 is 1.93 bits per heavy atom. The van der Waals surface area contributed by atoms with Gasteiger partial charge in [-0.25, -0.2) is 0 Å². The number of methoxy groups -OCH3 is 1. The Kier molecular flexibility index (Phi) is 9.09. The van der Waals surface area contributed by atoms with Gasteiger partial charge in [-0.2, -0.15) is 0 Å². The average Bonchev–Trinajstić information content (AvgIpc) is 2.68. The molecule has 0 heterocycles. The molecule has 0 atom stereocenters. The summed E-state index contributed by atoms with van der Waals surface area (Å²) >= 11 is 12.1. The lowest BCUT2D eigenvalue weighted by Gasteiger charge is -2.14. The van der Waals surface area contributed by atoms with Gasteiger partial charge in [-0.05, 0) is 48.2 Å². The standard InChI is InChI=1S/C21H26Cl2N4O2/c1-14(28)27-19-11-15(6-9-20(19)29-3)13-26-21(24-2)25-10-4-5-16-7-8-17(22)12-18(16)23/h6-9,11-12H,4-5,10,13H2,1-3H3,(H,27,28)(H2,24,25,26). The quantitative estimate of drug-likeness (QED) is 0.328. The highest BCUT2D eigenvalue weighted by Crippen LogP contribution is 2.25. The Morgan fingerprint density at radius 1 is 1.14 bits per heavy atom. The van der Waals surface area contributed by atoms with E-state index in [4.69, 9.17) is 27.9 Å². The van der Waals surface area contributed by atoms with Crippen LogP contribution in [0.5, 0.6) is 5.75 Å². The minimum atomic E-state index is -0.147. The predicted molar refractivity (Wildman–Crippen MR) is 120 cm³/mol. The second-order valence-electron chi connectivity index (χ2n) is 6.41. The van der Waals surface area contributed by atoms with Gasteiger partial charge in [0.15, 0.2) is 5.96 Å². The first-order valence-electron chi connectivity index (χ1n) is 9.26. The molecule has 156 valence electrons. The number of nitrogens with zero attached hydrogens (tertiary/aromatic N) is 1. The van der Waals surface area contributed by atoms with E-state index in [0.29, 0.717) is 34.0 Å². The summed E-state index contributed by atoms with van der Waals surface area (Å²) in [6.07, 6.45) is 1.75. The van der Waals surface area contributed by atoms with Crippen molar-refractivity contribution >= 4 is 40.8 Å². The van der Waals surface area contributed by atoms with Gasteiger partial charge in [-0.15, -0.1) is 0 Å². The summed E-state index contributed by atoms with van der Waals surface area (Å²) in [4.78, 5) is 15.6. The molecule has 2 aromatic rings. The number of anilines is 1. The lowest BCUT2D eigenvalue weighted by molar-refractivity contribution is -0.114. The van der Waals surface area contributed by atoms with Crippen LogP contribution in [0.3, 0.4) is 0 Å². The van der Waals surface area contributed by atoms with Crippen molar-refractivity contribution in [2.45, 2.75) is 26.3 Å². The highest BCUT2D eigenvalue weighted by Gasteiger charge is 2.07. The van der Waals surface area contributed by atoms with Gasteiger partial charge in [0, 0.05) is 37.1 Å². The van der Waals surface area contributed by atoms with Gasteiger partial charge in [0.05, 0.1) is 12.8 Å². The Labute approximate surface area is 181 Å². The Morgan fingerprint density at radius 3 is 2.59 bits per heavy atom. The van der Waals surface area contributed by atoms with Crippen LogP contribution in [0.25, 0.3) is 0 Å². The van der Waals surface area contributed by atoms with Gasteiger partial charge in [0.2, 0.25) is 5.91 Å². The molecule has 6 nitrogen and oxygen atoms in total. The van der Waals surface area contributed by atoms with E-state index in [-0.39, 0.29) is 5.91 Å². The Bertz CT molecular complexity index is 872. The molecule has 0 aromatic heterocycles. The molecule has 0 unspecified atom stereocenters. The molecule has 2 rings (SSSR count). The van der Waals surface area contributed by atoms with Gasteiger partial charge in [0.1, 0.15) is 5.75 Å². The normalized spacial score (nSPS) is 11.1. The maximum Gasteiger partial charge on any atom is 0.221 e. The Balaban J connectivity index is 1.83. The molecule has 2 aromatic carbocycles. The molecule has 0 saturated heterocycles. The van der Waals surface area contributed by atoms with Crippen LogP contribution in [0.2, 0.25) is 10.0 Å². The average molecular weight is 437 g/mol. The molecule has 0 aliphatic carbocycles. The number of amides is 1. The van der Waals surface area contributed by atoms with Crippen LogP contribution in [0.4, 0.5) is 5.69 Å². The lowest BCUT2D eigenvalue weighted by Crippen LogP contribution is -2.37. The third kappa shape index (κ3) is 7.48. The zero-order chi connectivity index (χ0) is 21.2. The van der Waals surface area contributed by atoms with E-state index in [1.54, 1.807) is 20.2 Å². The van der Waals surface area contributed by atoms with Crippen molar-refractivity contribution in [1.29, 1.82) is 0 Å². The minimum absolute atomic E-state index is 0.147. The number of rotatable bonds is 8. The van der Waals surface area contributed by atoms with Crippen LogP contribution in [0.1, 0.15) is 24.5 Å². The number of aryl methyl sites for hydroxylation is 1. The van der Waals surface area contributed by atoms with Crippen molar-refractivity contribution in [2.75, 3.05) is 26.0 Å². The SMILES string of the molecule is CN=C(NCCCc1ccc(Cl)cc1Cl)NCc1ccc(OC)c(NC(C)=O)c1. The highest BCUT2D eigenvalue weighted by atomic mass is 35.5. The number of carbonyl (C=O) groups is 1. The van der Waals surface area contributed by atoms with E-state index < -0.39 is 0 Å². The summed E-state index contributed by atoms with van der Waals surface area (Å²) in [6, 6.07) is 11.2. The van der Waals surface area contributed by atoms with E-state index in [0.717, 1.165) is 30.5 Å². The molecule has 0 fully saturated rings. The number of benzene rings is 2. The fourth-order valence-electron chi connectivity index (χ4n) is 2.77. The number of carbonyl (C=O) groups excluding carboxylic acids is 1. The zero-order valence-corrected chi connectivity index (χ0v) is 18.3. The van der Waals surface area contributed by atoms with E-state index in [2.05, 4.69) is 20.9 Å². The van der Waals surface area contributed by atoms with Crippen LogP contribution in [0, 0.1) is 0 Å². The van der Waals surface area contributed by atoms with Gasteiger partial charge >= 0.3 is 0 Å². The number of nitrogens with one attached hydrogen (secondary N) is 3. The van der Waals surface area contributed by atoms with Crippen molar-refractivity contribution in [3.05, 3.63) is 57.6 Å². The molecule has 1 amide bonds. The number of guanidine groups is 1. The summed E-state index contributed by atoms with van der Waals surface area (Å²) in [5, 5.41) is 10.7. The van der Waals surface area contributed by atoms with E-state index in [1.807, 2.05) is 30.3 Å². The van der Waals surface area contributed by atoms with Crippen LogP contribution < -0.4 is 20.7 Å². The number of hydrogen-bond acceptors (Lipinski definition) is 3. The molecule has 0 spiro atoms. The molecule has 0 radical (unpaired) electrons. The maximum atomic E-state index is 11.4. The monoisotopic (exact) mass is 436 g/mol. The van der Waals surface area contributed by atoms with Gasteiger partial charge < -0.3 is 20.7 Å². The Hall–Kier alpha value is -2.44. The largest absolute Gasteiger partial charge is 0.495 e. The fourth-order valence-corrected chi connectivity index (χ4v) is 3.27. The van der Waals surface area contributed by atoms with E-state index >= 15 is 0 Å². The lowest BCUT2D eigenvalue weighted by atomic mass is 10.1. The molecule has 0 bridgehead atoms. The van der Waals surface area contributed by atoms with E-state index in [9.17, 15) is 4.79 Å². The molecule has 3 N–H and O–H groups in total. The molecule has 0 aliphatic heterocycles. The van der Waals surface area contributed by atoms with Crippen molar-refractivity contribution in [3.63, 3.8) is 0 Å². The number of aliphatic imine (C=N–C) groups is 1. The van der Waals surface area contributed by atoms with E-state index in [1.165, 1.54) is 6.92 Å². The molecular formula is C21H26Cl2N4O2. The molecule has 29 heavy (non-hydrogen) atoms. The van der Waals surface area contributed by atoms with Gasteiger partial charge in [-0.1, -0.05) is 35.3 Å². The topological polar surface area (TPSA) is 74.8 Å². The van der Waals surface area contributed by atoms with Crippen LogP contribution >= 0.6 is 23.2 Å². The highest BCUT2D eigenvalue weighted by molar-refractivity contribution is 6.35. The van der Waals surface area contributed by atoms with Crippen LogP contribution in [-0.4, -0.2) is 32.6 Å². The third-order valence-corrected chi connectivity index (χ3v) is 4.78. The first-order valence-corrected chi connectivity index (χ1v) is 10.0. The molecule has 0 aliphatic rings. The first kappa shape index (κ1) is 22.8. The minimum Gasteiger partial charge on any atom is -0.495 e. The van der Waals surface area contributed by atoms with Gasteiger partial charge in [0.25, 0.3) is 0 Å². The maximum absolute atomic E-state index is 11.4. The molecule has 8 heteroatoms. The summed E-state index contributed by atoms with van der Waals surface area (Å²) in [5.41, 5.74) is 2.71. The summed E-state index contributed by atoms with van der Waals surface area (Å²) in [5.74, 6) is 1.17. The number of ether oxygens (including phenoxy) is 1. The second kappa shape index (κ2) is 11.5. The van der Waals surface area contributed by atoms with Crippen molar-refractivity contribution in [2.24, 2.45) is 4.99 Å². The summed E-state index contributed by atoms with van der Waals surface area (Å²) in [7, 11) is 3.30. The van der Waals surface area contributed by atoms with Crippen molar-refractivity contribution < 1.29 is 9.53 Å².